The van der Waals surface area contributed by atoms with E-state index in [-0.39, 0.29) is 6.61 Å². The molecule has 8 heteroatoms. The van der Waals surface area contributed by atoms with Crippen LogP contribution in [-0.2, 0) is 28.9 Å². The highest BCUT2D eigenvalue weighted by Crippen LogP contribution is 2.49. The molecule has 1 amide bonds. The van der Waals surface area contributed by atoms with Crippen LogP contribution in [0.1, 0.15) is 31.1 Å². The molecule has 2 aliphatic heterocycles. The van der Waals surface area contributed by atoms with Gasteiger partial charge in [-0.2, -0.15) is 0 Å². The van der Waals surface area contributed by atoms with Crippen LogP contribution in [0.3, 0.4) is 0 Å². The van der Waals surface area contributed by atoms with E-state index in [1.165, 1.54) is 21.0 Å². The van der Waals surface area contributed by atoms with Gasteiger partial charge in [0.1, 0.15) is 11.4 Å². The van der Waals surface area contributed by atoms with E-state index in [1.54, 1.807) is 0 Å². The number of ether oxygens (including phenoxy) is 2. The average Bonchev–Trinajstić information content (AvgIpc) is 2.91. The van der Waals surface area contributed by atoms with Gasteiger partial charge in [0, 0.05) is 7.11 Å². The van der Waals surface area contributed by atoms with Gasteiger partial charge in [-0.1, -0.05) is 60.7 Å². The van der Waals surface area contributed by atoms with E-state index in [2.05, 4.69) is 0 Å². The van der Waals surface area contributed by atoms with Crippen LogP contribution in [0.25, 0.3) is 0 Å². The molecule has 2 saturated heterocycles. The fourth-order valence-corrected chi connectivity index (χ4v) is 6.78. The molecule has 4 rings (SSSR count). The molecular weight excluding hydrogens is 418 g/mol. The molecule has 0 radical (unpaired) electrons. The minimum atomic E-state index is -3.80. The van der Waals surface area contributed by atoms with Gasteiger partial charge in [-0.3, -0.25) is 4.79 Å². The largest absolute Gasteiger partial charge is 0.451 e. The number of rotatable bonds is 6. The van der Waals surface area contributed by atoms with Gasteiger partial charge in [-0.05, 0) is 25.0 Å². The highest BCUT2D eigenvalue weighted by atomic mass is 32.2. The van der Waals surface area contributed by atoms with Crippen molar-refractivity contribution < 1.29 is 27.5 Å². The third-order valence-corrected chi connectivity index (χ3v) is 9.07. The molecular formula is C23H25NO6S. The third kappa shape index (κ3) is 3.25. The monoisotopic (exact) mass is 443 g/mol. The molecule has 2 aromatic carbocycles. The minimum Gasteiger partial charge on any atom is -0.451 e. The van der Waals surface area contributed by atoms with Crippen molar-refractivity contribution in [2.24, 2.45) is 5.92 Å². The second-order valence-electron chi connectivity index (χ2n) is 8.39. The van der Waals surface area contributed by atoms with Gasteiger partial charge < -0.3 is 14.4 Å². The van der Waals surface area contributed by atoms with Crippen molar-refractivity contribution in [1.82, 2.24) is 4.90 Å². The van der Waals surface area contributed by atoms with Crippen molar-refractivity contribution in [2.45, 2.75) is 36.1 Å². The topological polar surface area (TPSA) is 90.0 Å². The zero-order chi connectivity index (χ0) is 22.4. The summed E-state index contributed by atoms with van der Waals surface area (Å²) in [7, 11) is -2.39. The number of methoxy groups -OCH3 is 1. The van der Waals surface area contributed by atoms with Crippen LogP contribution in [0.5, 0.6) is 0 Å². The average molecular weight is 444 g/mol. The van der Waals surface area contributed by atoms with E-state index in [9.17, 15) is 18.0 Å². The Morgan fingerprint density at radius 1 is 1.03 bits per heavy atom. The highest BCUT2D eigenvalue weighted by Gasteiger charge is 2.72. The number of hydrogen-bond acceptors (Lipinski definition) is 6. The Balaban J connectivity index is 1.69. The summed E-state index contributed by atoms with van der Waals surface area (Å²) in [5.41, 5.74) is 1.51. The minimum absolute atomic E-state index is 0.00622. The smallest absolute Gasteiger partial charge is 0.331 e. The summed E-state index contributed by atoms with van der Waals surface area (Å²) in [6.07, 6.45) is -0.724. The Morgan fingerprint density at radius 2 is 1.55 bits per heavy atom. The highest BCUT2D eigenvalue weighted by molar-refractivity contribution is 7.93. The van der Waals surface area contributed by atoms with E-state index in [4.69, 9.17) is 9.47 Å². The van der Waals surface area contributed by atoms with Crippen LogP contribution in [0.4, 0.5) is 0 Å². The molecule has 2 heterocycles. The van der Waals surface area contributed by atoms with E-state index in [1.807, 2.05) is 60.7 Å². The predicted octanol–water partition coefficient (Wildman–Crippen LogP) is 2.33. The van der Waals surface area contributed by atoms with Crippen LogP contribution >= 0.6 is 0 Å². The van der Waals surface area contributed by atoms with E-state index < -0.39 is 49.9 Å². The predicted molar refractivity (Wildman–Crippen MR) is 114 cm³/mol. The fourth-order valence-electron chi connectivity index (χ4n) is 4.49. The SMILES string of the molecule is COC[C@@H]1C(=O)N2[C@@H]1S(=O)(=O)C(C)(C)[C@H]2C(=O)OC(c1ccccc1)c1ccccc1. The number of carbonyl (C=O) groups excluding carboxylic acids is 2. The molecule has 31 heavy (non-hydrogen) atoms. The number of nitrogens with zero attached hydrogens (tertiary/aromatic N) is 1. The standard InChI is InChI=1S/C23H25NO6S/c1-23(2)19(24-20(25)17(14-29-3)21(24)31(23,27)28)22(26)30-18(15-10-6-4-7-11-15)16-12-8-5-9-13-16/h4-13,17-19,21H,14H2,1-3H3/t17-,19-,21-/m1/s1. The van der Waals surface area contributed by atoms with E-state index >= 15 is 0 Å². The van der Waals surface area contributed by atoms with Crippen LogP contribution < -0.4 is 0 Å². The molecule has 7 nitrogen and oxygen atoms in total. The Bertz CT molecular complexity index is 1040. The zero-order valence-corrected chi connectivity index (χ0v) is 18.4. The molecule has 0 N–H and O–H groups in total. The maximum absolute atomic E-state index is 13.4. The van der Waals surface area contributed by atoms with Crippen molar-refractivity contribution in [1.29, 1.82) is 0 Å². The molecule has 3 atom stereocenters. The van der Waals surface area contributed by atoms with Gasteiger partial charge in [0.25, 0.3) is 0 Å². The number of amides is 1. The Hall–Kier alpha value is -2.71. The lowest BCUT2D eigenvalue weighted by molar-refractivity contribution is -0.170. The van der Waals surface area contributed by atoms with Gasteiger partial charge in [0.15, 0.2) is 15.9 Å². The Morgan fingerprint density at radius 3 is 2.03 bits per heavy atom. The molecule has 2 aromatic rings. The molecule has 0 aliphatic carbocycles. The van der Waals surface area contributed by atoms with Crippen molar-refractivity contribution >= 4 is 21.7 Å². The zero-order valence-electron chi connectivity index (χ0n) is 17.6. The van der Waals surface area contributed by atoms with Crippen molar-refractivity contribution in [3.8, 4) is 0 Å². The first kappa shape index (κ1) is 21.5. The van der Waals surface area contributed by atoms with Crippen LogP contribution in [0.15, 0.2) is 60.7 Å². The van der Waals surface area contributed by atoms with Gasteiger partial charge in [0.05, 0.1) is 17.3 Å². The molecule has 0 saturated carbocycles. The number of carbonyl (C=O) groups is 2. The van der Waals surface area contributed by atoms with Gasteiger partial charge in [-0.15, -0.1) is 0 Å². The van der Waals surface area contributed by atoms with Crippen molar-refractivity contribution in [3.05, 3.63) is 71.8 Å². The van der Waals surface area contributed by atoms with E-state index in [0.29, 0.717) is 0 Å². The van der Waals surface area contributed by atoms with Crippen molar-refractivity contribution in [2.75, 3.05) is 13.7 Å². The normalized spacial score (nSPS) is 25.7. The van der Waals surface area contributed by atoms with Crippen LogP contribution in [0.2, 0.25) is 0 Å². The van der Waals surface area contributed by atoms with E-state index in [0.717, 1.165) is 16.0 Å². The number of fused-ring (bicyclic) bond motifs is 1. The maximum atomic E-state index is 13.4. The number of β-lactam (4-membered cyclic amide) rings is 1. The molecule has 0 unspecified atom stereocenters. The number of benzene rings is 2. The first-order chi connectivity index (χ1) is 14.7. The van der Waals surface area contributed by atoms with Crippen molar-refractivity contribution in [3.63, 3.8) is 0 Å². The Labute approximate surface area is 181 Å². The summed E-state index contributed by atoms with van der Waals surface area (Å²) < 4.78 is 35.8. The van der Waals surface area contributed by atoms with Gasteiger partial charge >= 0.3 is 5.97 Å². The first-order valence-electron chi connectivity index (χ1n) is 10.1. The maximum Gasteiger partial charge on any atom is 0.331 e. The lowest BCUT2D eigenvalue weighted by Crippen LogP contribution is -2.64. The third-order valence-electron chi connectivity index (χ3n) is 6.19. The molecule has 0 bridgehead atoms. The Kier molecular flexibility index (Phi) is 5.39. The summed E-state index contributed by atoms with van der Waals surface area (Å²) in [6.45, 7) is 2.95. The summed E-state index contributed by atoms with van der Waals surface area (Å²) >= 11 is 0. The molecule has 2 fully saturated rings. The summed E-state index contributed by atoms with van der Waals surface area (Å²) in [5, 5.41) is -1.07. The second-order valence-corrected chi connectivity index (χ2v) is 11.0. The summed E-state index contributed by atoms with van der Waals surface area (Å²) in [5.74, 6) is -1.94. The number of hydrogen-bond donors (Lipinski definition) is 0. The lowest BCUT2D eigenvalue weighted by atomic mass is 9.92. The van der Waals surface area contributed by atoms with Gasteiger partial charge in [-0.25, -0.2) is 13.2 Å². The molecule has 2 aliphatic rings. The molecule has 0 aromatic heterocycles. The summed E-state index contributed by atoms with van der Waals surface area (Å²) in [4.78, 5) is 27.3. The molecule has 0 spiro atoms. The second kappa shape index (κ2) is 7.76. The van der Waals surface area contributed by atoms with Crippen LogP contribution in [-0.4, -0.2) is 55.1 Å². The first-order valence-corrected chi connectivity index (χ1v) is 11.6. The fraction of sp³-hybridized carbons (Fsp3) is 0.391. The number of esters is 1. The lowest BCUT2D eigenvalue weighted by Gasteiger charge is -2.42. The quantitative estimate of drug-likeness (QED) is 0.503. The summed E-state index contributed by atoms with van der Waals surface area (Å²) in [6, 6.07) is 17.2. The molecule has 164 valence electrons. The van der Waals surface area contributed by atoms with Gasteiger partial charge in [0.2, 0.25) is 5.91 Å². The number of sulfone groups is 1. The van der Waals surface area contributed by atoms with Crippen LogP contribution in [0, 0.1) is 5.92 Å².